The zero-order valence-electron chi connectivity index (χ0n) is 17.7. The molecule has 5 rings (SSSR count). The molecule has 0 unspecified atom stereocenters. The van der Waals surface area contributed by atoms with Gasteiger partial charge in [-0.3, -0.25) is 14.8 Å². The van der Waals surface area contributed by atoms with Gasteiger partial charge in [0.15, 0.2) is 0 Å². The first kappa shape index (κ1) is 19.6. The van der Waals surface area contributed by atoms with Crippen LogP contribution in [0.15, 0.2) is 61.2 Å². The van der Waals surface area contributed by atoms with Crippen molar-refractivity contribution in [1.82, 2.24) is 34.6 Å². The summed E-state index contributed by atoms with van der Waals surface area (Å²) in [6.07, 6.45) is 7.52. The smallest absolute Gasteiger partial charge is 0.212 e. The zero-order chi connectivity index (χ0) is 21.2. The van der Waals surface area contributed by atoms with Crippen molar-refractivity contribution in [1.29, 1.82) is 0 Å². The van der Waals surface area contributed by atoms with E-state index in [0.717, 1.165) is 48.5 Å². The van der Waals surface area contributed by atoms with E-state index in [1.807, 2.05) is 41.4 Å². The van der Waals surface area contributed by atoms with Gasteiger partial charge in [0.2, 0.25) is 5.88 Å². The largest absolute Gasteiger partial charge is 0.481 e. The standard InChI is InChI=1S/C23H25N7O/c1-28-11-12-29(14-17-7-9-24-10-8-17)16-21(28)23-20-5-3-19(15-30(20)27-26-23)18-4-6-22(31-2)25-13-18/h3-10,13,15,21H,11-12,14,16H2,1-2H3/t21-/m1/s1. The average Bonchev–Trinajstić information content (AvgIpc) is 3.24. The van der Waals surface area contributed by atoms with Crippen LogP contribution in [0.4, 0.5) is 0 Å². The molecule has 5 heterocycles. The van der Waals surface area contributed by atoms with E-state index in [4.69, 9.17) is 4.74 Å². The summed E-state index contributed by atoms with van der Waals surface area (Å²) in [6, 6.07) is 12.4. The minimum Gasteiger partial charge on any atom is -0.481 e. The lowest BCUT2D eigenvalue weighted by Crippen LogP contribution is -2.46. The molecular weight excluding hydrogens is 390 g/mol. The molecule has 8 heteroatoms. The van der Waals surface area contributed by atoms with Crippen molar-refractivity contribution >= 4 is 5.52 Å². The minimum atomic E-state index is 0.196. The van der Waals surface area contributed by atoms with Crippen LogP contribution >= 0.6 is 0 Å². The molecule has 0 bridgehead atoms. The van der Waals surface area contributed by atoms with Crippen LogP contribution in [0.5, 0.6) is 5.88 Å². The summed E-state index contributed by atoms with van der Waals surface area (Å²) in [4.78, 5) is 13.3. The molecule has 4 aromatic heterocycles. The van der Waals surface area contributed by atoms with Gasteiger partial charge in [-0.15, -0.1) is 5.10 Å². The number of likely N-dealkylation sites (N-methyl/N-ethyl adjacent to an activating group) is 1. The summed E-state index contributed by atoms with van der Waals surface area (Å²) in [5, 5.41) is 9.00. The van der Waals surface area contributed by atoms with Gasteiger partial charge < -0.3 is 4.74 Å². The normalized spacial score (nSPS) is 17.8. The van der Waals surface area contributed by atoms with E-state index in [2.05, 4.69) is 61.4 Å². The SMILES string of the molecule is COc1ccc(-c2ccc3c([C@H]4CN(Cc5ccncc5)CCN4C)nnn3c2)cn1. The molecule has 0 N–H and O–H groups in total. The molecule has 0 spiro atoms. The van der Waals surface area contributed by atoms with E-state index < -0.39 is 0 Å². The quantitative estimate of drug-likeness (QED) is 0.496. The molecule has 0 saturated carbocycles. The van der Waals surface area contributed by atoms with Gasteiger partial charge in [-0.05, 0) is 36.9 Å². The summed E-state index contributed by atoms with van der Waals surface area (Å²) in [6.45, 7) is 3.85. The second kappa shape index (κ2) is 8.41. The minimum absolute atomic E-state index is 0.196. The van der Waals surface area contributed by atoms with Gasteiger partial charge in [-0.2, -0.15) is 0 Å². The second-order valence-electron chi connectivity index (χ2n) is 7.90. The fourth-order valence-corrected chi connectivity index (χ4v) is 4.11. The maximum absolute atomic E-state index is 5.15. The molecule has 0 amide bonds. The number of ether oxygens (including phenoxy) is 1. The zero-order valence-corrected chi connectivity index (χ0v) is 17.7. The van der Waals surface area contributed by atoms with E-state index in [-0.39, 0.29) is 6.04 Å². The number of methoxy groups -OCH3 is 1. The lowest BCUT2D eigenvalue weighted by atomic mass is 10.1. The van der Waals surface area contributed by atoms with Crippen molar-refractivity contribution in [3.05, 3.63) is 72.4 Å². The molecule has 31 heavy (non-hydrogen) atoms. The van der Waals surface area contributed by atoms with E-state index in [1.165, 1.54) is 5.56 Å². The van der Waals surface area contributed by atoms with Gasteiger partial charge in [0.05, 0.1) is 18.7 Å². The Bertz CT molecular complexity index is 1160. The Morgan fingerprint density at radius 3 is 2.65 bits per heavy atom. The summed E-state index contributed by atoms with van der Waals surface area (Å²) in [5.41, 5.74) is 5.38. The lowest BCUT2D eigenvalue weighted by Gasteiger charge is -2.38. The number of piperazine rings is 1. The fourth-order valence-electron chi connectivity index (χ4n) is 4.11. The summed E-state index contributed by atoms with van der Waals surface area (Å²) >= 11 is 0. The lowest BCUT2D eigenvalue weighted by molar-refractivity contribution is 0.0889. The van der Waals surface area contributed by atoms with Gasteiger partial charge in [0.25, 0.3) is 0 Å². The molecule has 158 valence electrons. The highest BCUT2D eigenvalue weighted by Gasteiger charge is 2.29. The highest BCUT2D eigenvalue weighted by Crippen LogP contribution is 2.28. The summed E-state index contributed by atoms with van der Waals surface area (Å²) in [7, 11) is 3.78. The van der Waals surface area contributed by atoms with Gasteiger partial charge in [0, 0.05) is 68.2 Å². The maximum atomic E-state index is 5.15. The van der Waals surface area contributed by atoms with Crippen LogP contribution in [0.2, 0.25) is 0 Å². The number of pyridine rings is 3. The van der Waals surface area contributed by atoms with Crippen LogP contribution in [0.3, 0.4) is 0 Å². The van der Waals surface area contributed by atoms with Crippen LogP contribution in [0, 0.1) is 0 Å². The summed E-state index contributed by atoms with van der Waals surface area (Å²) in [5.74, 6) is 0.601. The molecule has 1 fully saturated rings. The van der Waals surface area contributed by atoms with E-state index >= 15 is 0 Å². The predicted molar refractivity (Wildman–Crippen MR) is 118 cm³/mol. The first-order valence-electron chi connectivity index (χ1n) is 10.4. The van der Waals surface area contributed by atoms with E-state index in [0.29, 0.717) is 5.88 Å². The van der Waals surface area contributed by atoms with Gasteiger partial charge in [-0.25, -0.2) is 9.50 Å². The van der Waals surface area contributed by atoms with Gasteiger partial charge in [-0.1, -0.05) is 11.3 Å². The highest BCUT2D eigenvalue weighted by molar-refractivity contribution is 5.66. The Morgan fingerprint density at radius 1 is 1.03 bits per heavy atom. The maximum Gasteiger partial charge on any atom is 0.212 e. The third-order valence-electron chi connectivity index (χ3n) is 5.92. The topological polar surface area (TPSA) is 71.7 Å². The number of hydrogen-bond acceptors (Lipinski definition) is 7. The molecule has 1 saturated heterocycles. The Hall–Kier alpha value is -3.36. The number of hydrogen-bond donors (Lipinski definition) is 0. The third-order valence-corrected chi connectivity index (χ3v) is 5.92. The summed E-state index contributed by atoms with van der Waals surface area (Å²) < 4.78 is 7.02. The molecule has 1 aliphatic heterocycles. The average molecular weight is 416 g/mol. The number of nitrogens with zero attached hydrogens (tertiary/aromatic N) is 7. The van der Waals surface area contributed by atoms with E-state index in [9.17, 15) is 0 Å². The van der Waals surface area contributed by atoms with Crippen LogP contribution in [-0.2, 0) is 6.54 Å². The van der Waals surface area contributed by atoms with Crippen molar-refractivity contribution in [3.8, 4) is 17.0 Å². The van der Waals surface area contributed by atoms with Crippen molar-refractivity contribution in [2.75, 3.05) is 33.8 Å². The first-order valence-corrected chi connectivity index (χ1v) is 10.4. The molecule has 8 nitrogen and oxygen atoms in total. The molecule has 0 aromatic carbocycles. The molecule has 0 radical (unpaired) electrons. The van der Waals surface area contributed by atoms with Crippen LogP contribution in [-0.4, -0.2) is 68.4 Å². The molecular formula is C23H25N7O. The molecule has 4 aromatic rings. The van der Waals surface area contributed by atoms with Gasteiger partial charge >= 0.3 is 0 Å². The second-order valence-corrected chi connectivity index (χ2v) is 7.90. The van der Waals surface area contributed by atoms with Crippen LogP contribution < -0.4 is 4.74 Å². The van der Waals surface area contributed by atoms with Gasteiger partial charge in [0.1, 0.15) is 5.69 Å². The fraction of sp³-hybridized carbons (Fsp3) is 0.304. The van der Waals surface area contributed by atoms with Crippen molar-refractivity contribution < 1.29 is 4.74 Å². The Balaban J connectivity index is 1.39. The van der Waals surface area contributed by atoms with Crippen molar-refractivity contribution in [3.63, 3.8) is 0 Å². The Labute approximate surface area is 181 Å². The van der Waals surface area contributed by atoms with Crippen LogP contribution in [0.25, 0.3) is 16.6 Å². The number of aromatic nitrogens is 5. The Kier molecular flexibility index (Phi) is 5.31. The monoisotopic (exact) mass is 415 g/mol. The molecule has 0 aliphatic carbocycles. The van der Waals surface area contributed by atoms with Crippen molar-refractivity contribution in [2.45, 2.75) is 12.6 Å². The van der Waals surface area contributed by atoms with Crippen LogP contribution in [0.1, 0.15) is 17.3 Å². The number of fused-ring (bicyclic) bond motifs is 1. The first-order chi connectivity index (χ1) is 15.2. The Morgan fingerprint density at radius 2 is 1.87 bits per heavy atom. The highest BCUT2D eigenvalue weighted by atomic mass is 16.5. The number of rotatable bonds is 5. The van der Waals surface area contributed by atoms with E-state index in [1.54, 1.807) is 7.11 Å². The molecule has 1 atom stereocenters. The van der Waals surface area contributed by atoms with Crippen molar-refractivity contribution in [2.24, 2.45) is 0 Å². The molecule has 1 aliphatic rings. The predicted octanol–water partition coefficient (Wildman–Crippen LogP) is 2.68. The third kappa shape index (κ3) is 3.99.